The van der Waals surface area contributed by atoms with Crippen LogP contribution in [0.2, 0.25) is 0 Å². The van der Waals surface area contributed by atoms with Gasteiger partial charge in [0.1, 0.15) is 0 Å². The molecule has 0 saturated heterocycles. The molecule has 16 heavy (non-hydrogen) atoms. The molecule has 0 aliphatic heterocycles. The lowest BCUT2D eigenvalue weighted by molar-refractivity contribution is 0.0690. The Morgan fingerprint density at radius 2 is 2.44 bits per heavy atom. The zero-order valence-electron chi connectivity index (χ0n) is 9.31. The average Bonchev–Trinajstić information content (AvgIpc) is 2.64. The predicted molar refractivity (Wildman–Crippen MR) is 57.2 cm³/mol. The van der Waals surface area contributed by atoms with E-state index in [2.05, 4.69) is 22.6 Å². The summed E-state index contributed by atoms with van der Waals surface area (Å²) in [4.78, 5) is 10.6. The van der Waals surface area contributed by atoms with Crippen LogP contribution < -0.4 is 5.32 Å². The van der Waals surface area contributed by atoms with Gasteiger partial charge in [0.25, 0.3) is 0 Å². The van der Waals surface area contributed by atoms with Gasteiger partial charge in [0.05, 0.1) is 12.7 Å². The van der Waals surface area contributed by atoms with E-state index in [9.17, 15) is 4.79 Å². The molecule has 1 aliphatic rings. The van der Waals surface area contributed by atoms with Crippen LogP contribution in [0.1, 0.15) is 36.7 Å². The Bertz CT molecular complexity index is 384. The summed E-state index contributed by atoms with van der Waals surface area (Å²) in [5.74, 6) is -1.04. The minimum Gasteiger partial charge on any atom is -0.476 e. The molecule has 88 valence electrons. The van der Waals surface area contributed by atoms with Gasteiger partial charge in [0, 0.05) is 12.1 Å². The van der Waals surface area contributed by atoms with Gasteiger partial charge in [0.2, 0.25) is 0 Å². The lowest BCUT2D eigenvalue weighted by atomic mass is 9.78. The van der Waals surface area contributed by atoms with E-state index in [1.54, 1.807) is 4.68 Å². The van der Waals surface area contributed by atoms with Gasteiger partial charge < -0.3 is 10.4 Å². The molecule has 0 bridgehead atoms. The quantitative estimate of drug-likeness (QED) is 0.761. The van der Waals surface area contributed by atoms with Crippen LogP contribution in [0, 0.1) is 0 Å². The minimum atomic E-state index is -1.04. The van der Waals surface area contributed by atoms with E-state index >= 15 is 0 Å². The number of hydrogen-bond acceptors (Lipinski definition) is 4. The van der Waals surface area contributed by atoms with Crippen molar-refractivity contribution in [2.45, 2.75) is 38.3 Å². The van der Waals surface area contributed by atoms with Gasteiger partial charge in [-0.2, -0.15) is 0 Å². The Balaban J connectivity index is 1.78. The van der Waals surface area contributed by atoms with Gasteiger partial charge in [-0.15, -0.1) is 5.10 Å². The molecule has 1 aromatic heterocycles. The summed E-state index contributed by atoms with van der Waals surface area (Å²) < 4.78 is 1.55. The second-order valence-electron chi connectivity index (χ2n) is 4.51. The molecule has 6 heteroatoms. The molecule has 0 unspecified atom stereocenters. The fourth-order valence-electron chi connectivity index (χ4n) is 1.86. The summed E-state index contributed by atoms with van der Waals surface area (Å²) in [7, 11) is 0. The van der Waals surface area contributed by atoms with Crippen LogP contribution >= 0.6 is 0 Å². The monoisotopic (exact) mass is 224 g/mol. The summed E-state index contributed by atoms with van der Waals surface area (Å²) in [5, 5.41) is 19.4. The van der Waals surface area contributed by atoms with E-state index in [0.717, 1.165) is 6.54 Å². The zero-order valence-corrected chi connectivity index (χ0v) is 9.31. The SMILES string of the molecule is CC1(NCCn2cc(C(=O)O)nn2)CCC1. The first-order valence-electron chi connectivity index (χ1n) is 5.48. The van der Waals surface area contributed by atoms with Crippen molar-refractivity contribution in [1.29, 1.82) is 0 Å². The van der Waals surface area contributed by atoms with Crippen molar-refractivity contribution in [2.24, 2.45) is 0 Å². The fourth-order valence-corrected chi connectivity index (χ4v) is 1.86. The lowest BCUT2D eigenvalue weighted by Gasteiger charge is -2.39. The molecule has 0 atom stereocenters. The Hall–Kier alpha value is -1.43. The molecular formula is C10H16N4O2. The van der Waals surface area contributed by atoms with Crippen LogP contribution in [0.5, 0.6) is 0 Å². The predicted octanol–water partition coefficient (Wildman–Crippen LogP) is 0.508. The van der Waals surface area contributed by atoms with E-state index in [1.807, 2.05) is 0 Å². The minimum absolute atomic E-state index is 0.00476. The number of nitrogens with zero attached hydrogens (tertiary/aromatic N) is 3. The summed E-state index contributed by atoms with van der Waals surface area (Å²) >= 11 is 0. The van der Waals surface area contributed by atoms with E-state index in [-0.39, 0.29) is 11.2 Å². The maximum atomic E-state index is 10.6. The van der Waals surface area contributed by atoms with Crippen LogP contribution in [-0.4, -0.2) is 38.2 Å². The number of carboxylic acids is 1. The van der Waals surface area contributed by atoms with E-state index in [4.69, 9.17) is 5.11 Å². The van der Waals surface area contributed by atoms with Gasteiger partial charge in [-0.1, -0.05) is 5.21 Å². The summed E-state index contributed by atoms with van der Waals surface area (Å²) in [6, 6.07) is 0. The first kappa shape index (κ1) is 11.1. The lowest BCUT2D eigenvalue weighted by Crippen LogP contribution is -2.49. The molecule has 1 heterocycles. The van der Waals surface area contributed by atoms with E-state index in [0.29, 0.717) is 6.54 Å². The Morgan fingerprint density at radius 1 is 1.69 bits per heavy atom. The molecule has 2 rings (SSSR count). The standard InChI is InChI=1S/C10H16N4O2/c1-10(3-2-4-10)11-5-6-14-7-8(9(15)16)12-13-14/h7,11H,2-6H2,1H3,(H,15,16). The van der Waals surface area contributed by atoms with Crippen molar-refractivity contribution in [1.82, 2.24) is 20.3 Å². The molecule has 0 aromatic carbocycles. The van der Waals surface area contributed by atoms with Crippen molar-refractivity contribution >= 4 is 5.97 Å². The Kier molecular flexibility index (Phi) is 2.91. The number of hydrogen-bond donors (Lipinski definition) is 2. The first-order valence-corrected chi connectivity index (χ1v) is 5.48. The normalized spacial score (nSPS) is 18.1. The molecule has 0 amide bonds. The maximum absolute atomic E-state index is 10.6. The summed E-state index contributed by atoms with van der Waals surface area (Å²) in [5.41, 5.74) is 0.269. The maximum Gasteiger partial charge on any atom is 0.358 e. The molecule has 1 aliphatic carbocycles. The number of aromatic nitrogens is 3. The second-order valence-corrected chi connectivity index (χ2v) is 4.51. The summed E-state index contributed by atoms with van der Waals surface area (Å²) in [6.07, 6.45) is 5.17. The highest BCUT2D eigenvalue weighted by Crippen LogP contribution is 2.30. The third-order valence-corrected chi connectivity index (χ3v) is 3.11. The van der Waals surface area contributed by atoms with Crippen LogP contribution in [0.3, 0.4) is 0 Å². The average molecular weight is 224 g/mol. The van der Waals surface area contributed by atoms with Crippen molar-refractivity contribution in [2.75, 3.05) is 6.54 Å². The van der Waals surface area contributed by atoms with Crippen molar-refractivity contribution in [3.8, 4) is 0 Å². The van der Waals surface area contributed by atoms with Gasteiger partial charge in [-0.25, -0.2) is 4.79 Å². The molecule has 1 aromatic rings. The number of aromatic carboxylic acids is 1. The number of carbonyl (C=O) groups is 1. The van der Waals surface area contributed by atoms with Gasteiger partial charge in [-0.3, -0.25) is 4.68 Å². The molecule has 6 nitrogen and oxygen atoms in total. The van der Waals surface area contributed by atoms with E-state index < -0.39 is 5.97 Å². The van der Waals surface area contributed by atoms with Gasteiger partial charge in [0.15, 0.2) is 5.69 Å². The highest BCUT2D eigenvalue weighted by molar-refractivity contribution is 5.84. The molecule has 0 spiro atoms. The van der Waals surface area contributed by atoms with Gasteiger partial charge >= 0.3 is 5.97 Å². The third kappa shape index (κ3) is 2.38. The van der Waals surface area contributed by atoms with Crippen LogP contribution in [0.25, 0.3) is 0 Å². The smallest absolute Gasteiger partial charge is 0.358 e. The molecule has 1 fully saturated rings. The molecule has 1 saturated carbocycles. The largest absolute Gasteiger partial charge is 0.476 e. The zero-order chi connectivity index (χ0) is 11.6. The number of rotatable bonds is 5. The van der Waals surface area contributed by atoms with Crippen molar-refractivity contribution < 1.29 is 9.90 Å². The van der Waals surface area contributed by atoms with Crippen LogP contribution in [0.4, 0.5) is 0 Å². The summed E-state index contributed by atoms with van der Waals surface area (Å²) in [6.45, 7) is 3.65. The molecular weight excluding hydrogens is 208 g/mol. The fraction of sp³-hybridized carbons (Fsp3) is 0.700. The van der Waals surface area contributed by atoms with Gasteiger partial charge in [-0.05, 0) is 26.2 Å². The van der Waals surface area contributed by atoms with Crippen molar-refractivity contribution in [3.05, 3.63) is 11.9 Å². The van der Waals surface area contributed by atoms with E-state index in [1.165, 1.54) is 25.5 Å². The Labute approximate surface area is 93.6 Å². The molecule has 2 N–H and O–H groups in total. The topological polar surface area (TPSA) is 80.0 Å². The van der Waals surface area contributed by atoms with Crippen LogP contribution in [-0.2, 0) is 6.54 Å². The Morgan fingerprint density at radius 3 is 2.94 bits per heavy atom. The number of carboxylic acid groups (broad SMARTS) is 1. The highest BCUT2D eigenvalue weighted by atomic mass is 16.4. The molecule has 0 radical (unpaired) electrons. The third-order valence-electron chi connectivity index (χ3n) is 3.11. The van der Waals surface area contributed by atoms with Crippen LogP contribution in [0.15, 0.2) is 6.20 Å². The number of nitrogens with one attached hydrogen (secondary N) is 1. The first-order chi connectivity index (χ1) is 7.59. The highest BCUT2D eigenvalue weighted by Gasteiger charge is 2.30. The van der Waals surface area contributed by atoms with Crippen molar-refractivity contribution in [3.63, 3.8) is 0 Å². The second kappa shape index (κ2) is 4.21.